The molecule has 2 aromatic carbocycles. The number of hydrogen-bond donors (Lipinski definition) is 5. The molecule has 5 N–H and O–H groups in total. The summed E-state index contributed by atoms with van der Waals surface area (Å²) in [6.45, 7) is 1.06. The number of anilines is 2. The van der Waals surface area contributed by atoms with Gasteiger partial charge in [0, 0.05) is 67.4 Å². The van der Waals surface area contributed by atoms with E-state index in [2.05, 4.69) is 21.9 Å². The van der Waals surface area contributed by atoms with Crippen LogP contribution in [0.4, 0.5) is 11.4 Å². The van der Waals surface area contributed by atoms with Crippen LogP contribution in [0.5, 0.6) is 0 Å². The Morgan fingerprint density at radius 2 is 1.61 bits per heavy atom. The van der Waals surface area contributed by atoms with E-state index in [-0.39, 0.29) is 30.8 Å². The zero-order valence-corrected chi connectivity index (χ0v) is 30.2. The first-order valence-electron chi connectivity index (χ1n) is 17.0. The smallest absolute Gasteiger partial charge is 0.245 e. The van der Waals surface area contributed by atoms with Gasteiger partial charge in [0.05, 0.1) is 24.0 Å². The van der Waals surface area contributed by atoms with Crippen LogP contribution in [-0.2, 0) is 22.6 Å². The lowest BCUT2D eigenvalue weighted by Crippen LogP contribution is -2.52. The lowest BCUT2D eigenvalue weighted by atomic mass is 10.0. The standard InChI is InChI=1S/C35H48Cl2N4O7S/c1-38(18-30(43)33(46)34(47)31(44)19-42)32(45)10-4-2-3-7-22-15-26(37)23(16-25(22)36)17-39-21-49-20-29(39)35(48)41-14-13-40(24-11-12-24)27-8-5-6-9-28(27)41/h5-6,8-9,15-16,24,29-31,33-34,42-44,46-47H,2-4,7,10-14,17-21H2,1H3/t29-,30+,31-,33-,34-/m0/s1. The minimum Gasteiger partial charge on any atom is -0.394 e. The molecule has 2 heterocycles. The van der Waals surface area contributed by atoms with Crippen LogP contribution >= 0.6 is 35.0 Å². The van der Waals surface area contributed by atoms with Gasteiger partial charge in [-0.25, -0.2) is 0 Å². The summed E-state index contributed by atoms with van der Waals surface area (Å²) >= 11 is 15.3. The predicted octanol–water partition coefficient (Wildman–Crippen LogP) is 2.88. The fourth-order valence-electron chi connectivity index (χ4n) is 6.59. The van der Waals surface area contributed by atoms with Crippen LogP contribution < -0.4 is 9.80 Å². The zero-order valence-electron chi connectivity index (χ0n) is 27.8. The highest BCUT2D eigenvalue weighted by molar-refractivity contribution is 7.99. The SMILES string of the molecule is CN(C[C@@H](O)[C@H](O)[C@@H](O)[C@@H](O)CO)C(=O)CCCCCc1cc(Cl)c(CN2CSC[C@H]2C(=O)N2CCN(C3CC3)c3ccccc32)cc1Cl. The molecule has 2 aromatic rings. The lowest BCUT2D eigenvalue weighted by molar-refractivity contribution is -0.138. The van der Waals surface area contributed by atoms with E-state index in [1.807, 2.05) is 29.2 Å². The minimum absolute atomic E-state index is 0.127. The van der Waals surface area contributed by atoms with Crippen molar-refractivity contribution in [3.8, 4) is 0 Å². The molecule has 2 fully saturated rings. The van der Waals surface area contributed by atoms with Gasteiger partial charge >= 0.3 is 0 Å². The van der Waals surface area contributed by atoms with Gasteiger partial charge in [0.25, 0.3) is 0 Å². The van der Waals surface area contributed by atoms with Gasteiger partial charge in [-0.2, -0.15) is 0 Å². The number of nitrogens with zero attached hydrogens (tertiary/aromatic N) is 4. The van der Waals surface area contributed by atoms with Crippen LogP contribution in [0.25, 0.3) is 0 Å². The summed E-state index contributed by atoms with van der Waals surface area (Å²) in [5.41, 5.74) is 3.95. The second-order valence-electron chi connectivity index (χ2n) is 13.3. The molecule has 2 aliphatic heterocycles. The lowest BCUT2D eigenvalue weighted by Gasteiger charge is -2.39. The number of amides is 2. The van der Waals surface area contributed by atoms with Gasteiger partial charge in [-0.05, 0) is 67.5 Å². The van der Waals surface area contributed by atoms with Crippen LogP contribution in [-0.4, -0.2) is 129 Å². The Kier molecular flexibility index (Phi) is 13.5. The molecule has 1 aliphatic carbocycles. The number of carbonyl (C=O) groups is 2. The van der Waals surface area contributed by atoms with Gasteiger partial charge < -0.3 is 40.2 Å². The number of aliphatic hydroxyl groups is 5. The highest BCUT2D eigenvalue weighted by Crippen LogP contribution is 2.41. The fraction of sp³-hybridized carbons (Fsp3) is 0.600. The second kappa shape index (κ2) is 17.4. The number of para-hydroxylation sites is 2. The molecule has 0 spiro atoms. The number of rotatable bonds is 16. The summed E-state index contributed by atoms with van der Waals surface area (Å²) in [6.07, 6.45) is -1.02. The number of fused-ring (bicyclic) bond motifs is 1. The van der Waals surface area contributed by atoms with E-state index in [1.54, 1.807) is 11.8 Å². The average Bonchev–Trinajstić information content (AvgIpc) is 3.85. The summed E-state index contributed by atoms with van der Waals surface area (Å²) in [6, 6.07) is 12.4. The molecule has 2 amide bonds. The molecule has 49 heavy (non-hydrogen) atoms. The summed E-state index contributed by atoms with van der Waals surface area (Å²) < 4.78 is 0. The van der Waals surface area contributed by atoms with E-state index in [0.29, 0.717) is 42.0 Å². The van der Waals surface area contributed by atoms with Crippen LogP contribution in [0.1, 0.15) is 49.7 Å². The van der Waals surface area contributed by atoms with Gasteiger partial charge in [0.2, 0.25) is 11.8 Å². The Hall–Kier alpha value is -2.13. The zero-order chi connectivity index (χ0) is 35.2. The summed E-state index contributed by atoms with van der Waals surface area (Å²) in [4.78, 5) is 34.4. The number of hydrogen-bond acceptors (Lipinski definition) is 10. The summed E-state index contributed by atoms with van der Waals surface area (Å²) in [5.74, 6) is 1.36. The number of halogens is 2. The van der Waals surface area contributed by atoms with Crippen LogP contribution in [0.15, 0.2) is 36.4 Å². The van der Waals surface area contributed by atoms with E-state index >= 15 is 0 Å². The van der Waals surface area contributed by atoms with Gasteiger partial charge in [-0.1, -0.05) is 41.8 Å². The first kappa shape index (κ1) is 38.1. The second-order valence-corrected chi connectivity index (χ2v) is 15.1. The molecule has 0 aromatic heterocycles. The van der Waals surface area contributed by atoms with Crippen molar-refractivity contribution >= 4 is 58.2 Å². The molecule has 0 bridgehead atoms. The molecule has 1 saturated carbocycles. The van der Waals surface area contributed by atoms with Crippen molar-refractivity contribution in [3.05, 3.63) is 57.6 Å². The van der Waals surface area contributed by atoms with E-state index in [1.165, 1.54) is 24.8 Å². The van der Waals surface area contributed by atoms with E-state index in [9.17, 15) is 30.0 Å². The van der Waals surface area contributed by atoms with Crippen molar-refractivity contribution < 1.29 is 35.1 Å². The molecule has 14 heteroatoms. The molecule has 3 aliphatic rings. The van der Waals surface area contributed by atoms with Crippen molar-refractivity contribution in [2.45, 2.75) is 88.0 Å². The summed E-state index contributed by atoms with van der Waals surface area (Å²) in [5, 5.41) is 49.5. The molecule has 0 radical (unpaired) electrons. The highest BCUT2D eigenvalue weighted by Gasteiger charge is 2.40. The average molecular weight is 740 g/mol. The third-order valence-corrected chi connectivity index (χ3v) is 11.5. The number of carbonyl (C=O) groups excluding carboxylic acids is 2. The third-order valence-electron chi connectivity index (χ3n) is 9.70. The monoisotopic (exact) mass is 738 g/mol. The Morgan fingerprint density at radius 3 is 2.33 bits per heavy atom. The Morgan fingerprint density at radius 1 is 0.939 bits per heavy atom. The first-order valence-corrected chi connectivity index (χ1v) is 18.9. The van der Waals surface area contributed by atoms with Crippen molar-refractivity contribution in [1.82, 2.24) is 9.80 Å². The topological polar surface area (TPSA) is 148 Å². The Balaban J connectivity index is 1.09. The normalized spacial score (nSPS) is 20.5. The van der Waals surface area contributed by atoms with Gasteiger partial charge in [-0.15, -0.1) is 11.8 Å². The molecule has 0 unspecified atom stereocenters. The number of likely N-dealkylation sites (N-methyl/N-ethyl adjacent to an activating group) is 1. The molecule has 5 rings (SSSR count). The van der Waals surface area contributed by atoms with E-state index < -0.39 is 31.0 Å². The molecule has 270 valence electrons. The predicted molar refractivity (Wildman–Crippen MR) is 193 cm³/mol. The molecular formula is C35H48Cl2N4O7S. The van der Waals surface area contributed by atoms with E-state index in [0.717, 1.165) is 53.5 Å². The highest BCUT2D eigenvalue weighted by atomic mass is 35.5. The molecule has 5 atom stereocenters. The molecule has 11 nitrogen and oxygen atoms in total. The maximum atomic E-state index is 14.0. The Labute approximate surface area is 302 Å². The van der Waals surface area contributed by atoms with Gasteiger partial charge in [0.15, 0.2) is 0 Å². The van der Waals surface area contributed by atoms with Crippen molar-refractivity contribution in [1.29, 1.82) is 0 Å². The number of aryl methyl sites for hydroxylation is 1. The number of thioether (sulfide) groups is 1. The van der Waals surface area contributed by atoms with Crippen LogP contribution in [0.3, 0.4) is 0 Å². The fourth-order valence-corrected chi connectivity index (χ4v) is 8.31. The number of benzene rings is 2. The van der Waals surface area contributed by atoms with Crippen molar-refractivity contribution in [2.75, 3.05) is 54.7 Å². The minimum atomic E-state index is -1.74. The molecule has 1 saturated heterocycles. The van der Waals surface area contributed by atoms with Crippen molar-refractivity contribution in [2.24, 2.45) is 0 Å². The maximum Gasteiger partial charge on any atom is 0.245 e. The third kappa shape index (κ3) is 9.41. The Bertz CT molecular complexity index is 1450. The van der Waals surface area contributed by atoms with Gasteiger partial charge in [0.1, 0.15) is 24.4 Å². The van der Waals surface area contributed by atoms with Crippen LogP contribution in [0.2, 0.25) is 10.0 Å². The molecular weight excluding hydrogens is 691 g/mol. The quantitative estimate of drug-likeness (QED) is 0.163. The largest absolute Gasteiger partial charge is 0.394 e. The summed E-state index contributed by atoms with van der Waals surface area (Å²) in [7, 11) is 1.49. The van der Waals surface area contributed by atoms with Gasteiger partial charge in [-0.3, -0.25) is 14.5 Å². The van der Waals surface area contributed by atoms with Crippen LogP contribution in [0, 0.1) is 0 Å². The number of aliphatic hydroxyl groups excluding tert-OH is 5. The van der Waals surface area contributed by atoms with E-state index in [4.69, 9.17) is 28.3 Å². The van der Waals surface area contributed by atoms with Crippen molar-refractivity contribution in [3.63, 3.8) is 0 Å². The number of unbranched alkanes of at least 4 members (excludes halogenated alkanes) is 2. The first-order chi connectivity index (χ1) is 23.5. The maximum absolute atomic E-state index is 14.0.